The molecule has 0 spiro atoms. The number of ketones is 1. The van der Waals surface area contributed by atoms with Gasteiger partial charge in [0.15, 0.2) is 10.9 Å². The summed E-state index contributed by atoms with van der Waals surface area (Å²) in [5.74, 6) is -2.69. The van der Waals surface area contributed by atoms with Crippen molar-refractivity contribution in [1.82, 2.24) is 31.5 Å². The van der Waals surface area contributed by atoms with E-state index in [1.807, 2.05) is 6.26 Å². The number of amides is 5. The van der Waals surface area contributed by atoms with E-state index in [9.17, 15) is 38.7 Å². The second-order valence-electron chi connectivity index (χ2n) is 14.2. The lowest BCUT2D eigenvalue weighted by Crippen LogP contribution is -2.57. The Morgan fingerprint density at radius 2 is 1.35 bits per heavy atom. The summed E-state index contributed by atoms with van der Waals surface area (Å²) in [6.45, 7) is 3.32. The van der Waals surface area contributed by atoms with Crippen molar-refractivity contribution in [3.8, 4) is 0 Å². The Morgan fingerprint density at radius 1 is 0.764 bits per heavy atom. The minimum atomic E-state index is -1.22. The van der Waals surface area contributed by atoms with Crippen LogP contribution in [0.1, 0.15) is 129 Å². The van der Waals surface area contributed by atoms with E-state index in [0.717, 1.165) is 37.4 Å². The molecule has 6 N–H and O–H groups in total. The maximum absolute atomic E-state index is 13.6. The smallest absolute Gasteiger partial charge is 0.244 e. The highest BCUT2D eigenvalue weighted by atomic mass is 32.2. The third kappa shape index (κ3) is 22.0. The van der Waals surface area contributed by atoms with Gasteiger partial charge in [0.25, 0.3) is 0 Å². The lowest BCUT2D eigenvalue weighted by Gasteiger charge is -2.25. The third-order valence-electron chi connectivity index (χ3n) is 9.65. The average Bonchev–Trinajstić information content (AvgIpc) is 3.68. The van der Waals surface area contributed by atoms with Crippen molar-refractivity contribution >= 4 is 64.0 Å². The largest absolute Gasteiger partial charge is 0.394 e. The van der Waals surface area contributed by atoms with E-state index in [-0.39, 0.29) is 41.9 Å². The molecule has 14 nitrogen and oxygen atoms in total. The highest BCUT2D eigenvalue weighted by molar-refractivity contribution is 8.13. The van der Waals surface area contributed by atoms with E-state index in [1.165, 1.54) is 74.4 Å². The van der Waals surface area contributed by atoms with Crippen LogP contribution in [0.25, 0.3) is 0 Å². The molecule has 1 fully saturated rings. The predicted molar refractivity (Wildman–Crippen MR) is 221 cm³/mol. The molecule has 1 aliphatic rings. The second-order valence-corrected chi connectivity index (χ2v) is 16.3. The van der Waals surface area contributed by atoms with Crippen LogP contribution in [0.5, 0.6) is 0 Å². The second kappa shape index (κ2) is 31.4. The molecule has 0 radical (unpaired) electrons. The first kappa shape index (κ1) is 50.3. The van der Waals surface area contributed by atoms with Gasteiger partial charge >= 0.3 is 0 Å². The van der Waals surface area contributed by atoms with Gasteiger partial charge in [-0.15, -0.1) is 0 Å². The number of hydrogen-bond donors (Lipinski definition) is 6. The third-order valence-corrected chi connectivity index (χ3v) is 11.3. The first-order chi connectivity index (χ1) is 26.5. The van der Waals surface area contributed by atoms with Crippen LogP contribution < -0.4 is 26.6 Å². The molecule has 0 unspecified atom stereocenters. The number of thioether (sulfide) groups is 2. The Bertz CT molecular complexity index is 1180. The van der Waals surface area contributed by atoms with Crippen LogP contribution in [0.15, 0.2) is 0 Å². The van der Waals surface area contributed by atoms with Gasteiger partial charge in [-0.25, -0.2) is 0 Å². The van der Waals surface area contributed by atoms with Gasteiger partial charge < -0.3 is 36.6 Å². The van der Waals surface area contributed by atoms with Gasteiger partial charge in [0.05, 0.1) is 19.7 Å². The Kier molecular flexibility index (Phi) is 28.7. The van der Waals surface area contributed by atoms with E-state index < -0.39 is 60.9 Å². The fourth-order valence-electron chi connectivity index (χ4n) is 6.36. The molecule has 16 heteroatoms. The molecule has 0 saturated carbocycles. The Balaban J connectivity index is 2.80. The molecule has 316 valence electrons. The van der Waals surface area contributed by atoms with Crippen molar-refractivity contribution in [2.45, 2.75) is 154 Å². The quantitative estimate of drug-likeness (QED) is 0.0545. The van der Waals surface area contributed by atoms with Crippen molar-refractivity contribution in [1.29, 1.82) is 0 Å². The fourth-order valence-corrected chi connectivity index (χ4v) is 7.71. The van der Waals surface area contributed by atoms with Crippen LogP contribution in [-0.4, -0.2) is 126 Å². The predicted octanol–water partition coefficient (Wildman–Crippen LogP) is 3.23. The number of Topliss-reactive ketones (excluding diaryl/α,β-unsaturated/α-hetero) is 1. The number of nitrogens with one attached hydrogen (secondary N) is 5. The van der Waals surface area contributed by atoms with Crippen LogP contribution in [0, 0.1) is 0 Å². The Hall–Kier alpha value is -2.69. The van der Waals surface area contributed by atoms with Gasteiger partial charge in [-0.3, -0.25) is 33.6 Å². The summed E-state index contributed by atoms with van der Waals surface area (Å²) < 4.78 is 0. The van der Waals surface area contributed by atoms with Crippen LogP contribution in [0.4, 0.5) is 0 Å². The lowest BCUT2D eigenvalue weighted by molar-refractivity contribution is -0.138. The molecule has 1 aliphatic heterocycles. The van der Waals surface area contributed by atoms with Gasteiger partial charge in [-0.05, 0) is 44.7 Å². The zero-order valence-electron chi connectivity index (χ0n) is 33.8. The SMILES string of the molecule is CCCCCCCCCCCCCCCC(=O)SC[C@H](NC(=O)CNC(=O)[C@@H]1CCCN1C(=O)CNC)C(=O)N[C@@H](CCSC)C(=O)N[C@H](CO)C(=O)CC. The summed E-state index contributed by atoms with van der Waals surface area (Å²) >= 11 is 2.38. The number of rotatable bonds is 32. The molecule has 4 atom stereocenters. The van der Waals surface area contributed by atoms with E-state index in [4.69, 9.17) is 0 Å². The van der Waals surface area contributed by atoms with Gasteiger partial charge in [-0.1, -0.05) is 103 Å². The maximum Gasteiger partial charge on any atom is 0.244 e. The maximum atomic E-state index is 13.6. The number of carbonyl (C=O) groups excluding carboxylic acids is 7. The Morgan fingerprint density at radius 3 is 1.91 bits per heavy atom. The van der Waals surface area contributed by atoms with E-state index in [2.05, 4.69) is 33.5 Å². The standard InChI is InChI=1S/C39H70N6O8S2/c1-5-7-8-9-10-11-12-13-14-15-16-17-18-21-36(50)55-28-31(38(52)43-29(22-24-54-4)37(51)44-30(27-46)33(47)6-2)42-34(48)25-41-39(53)32-20-19-23-45(32)35(49)26-40-3/h29-32,40,46H,5-28H2,1-4H3,(H,41,53)(H,42,48)(H,43,52)(H,44,51)/t29-,30+,31-,32-/m0/s1. The summed E-state index contributed by atoms with van der Waals surface area (Å²) in [6, 6.07) is -4.12. The number of unbranched alkanes of at least 4 members (excludes halogenated alkanes) is 12. The Labute approximate surface area is 337 Å². The molecule has 0 aromatic heterocycles. The lowest BCUT2D eigenvalue weighted by atomic mass is 10.0. The summed E-state index contributed by atoms with van der Waals surface area (Å²) in [6.07, 6.45) is 19.1. The number of hydrogen-bond acceptors (Lipinski definition) is 11. The van der Waals surface area contributed by atoms with E-state index >= 15 is 0 Å². The molecule has 55 heavy (non-hydrogen) atoms. The highest BCUT2D eigenvalue weighted by Crippen LogP contribution is 2.18. The molecule has 0 aromatic rings. The molecular weight excluding hydrogens is 745 g/mol. The summed E-state index contributed by atoms with van der Waals surface area (Å²) in [4.78, 5) is 91.8. The molecule has 1 rings (SSSR count). The number of likely N-dealkylation sites (tertiary alicyclic amines) is 1. The van der Waals surface area contributed by atoms with Crippen molar-refractivity contribution in [3.05, 3.63) is 0 Å². The summed E-state index contributed by atoms with van der Waals surface area (Å²) in [7, 11) is 1.64. The van der Waals surface area contributed by atoms with Crippen LogP contribution in [0.3, 0.4) is 0 Å². The van der Waals surface area contributed by atoms with Gasteiger partial charge in [0, 0.05) is 25.1 Å². The van der Waals surface area contributed by atoms with Crippen LogP contribution >= 0.6 is 23.5 Å². The number of carbonyl (C=O) groups is 7. The molecular formula is C39H70N6O8S2. The molecule has 1 saturated heterocycles. The monoisotopic (exact) mass is 814 g/mol. The first-order valence-electron chi connectivity index (χ1n) is 20.4. The zero-order valence-corrected chi connectivity index (χ0v) is 35.5. The molecule has 5 amide bonds. The number of likely N-dealkylation sites (N-methyl/N-ethyl adjacent to an activating group) is 1. The average molecular weight is 815 g/mol. The van der Waals surface area contributed by atoms with Crippen molar-refractivity contribution in [2.24, 2.45) is 0 Å². The molecule has 0 aromatic carbocycles. The van der Waals surface area contributed by atoms with Crippen molar-refractivity contribution < 1.29 is 38.7 Å². The van der Waals surface area contributed by atoms with E-state index in [0.29, 0.717) is 31.6 Å². The molecule has 0 aliphatic carbocycles. The molecule has 1 heterocycles. The number of aliphatic hydroxyl groups is 1. The van der Waals surface area contributed by atoms with Crippen molar-refractivity contribution in [2.75, 3.05) is 51.1 Å². The summed E-state index contributed by atoms with van der Waals surface area (Å²) in [5, 5.41) is 22.7. The van der Waals surface area contributed by atoms with Crippen LogP contribution in [-0.2, 0) is 33.6 Å². The summed E-state index contributed by atoms with van der Waals surface area (Å²) in [5.41, 5.74) is 0. The fraction of sp³-hybridized carbons (Fsp3) is 0.821. The van der Waals surface area contributed by atoms with E-state index in [1.54, 1.807) is 14.0 Å². The van der Waals surface area contributed by atoms with Gasteiger partial charge in [0.2, 0.25) is 29.5 Å². The first-order valence-corrected chi connectivity index (χ1v) is 22.8. The number of nitrogens with zero attached hydrogens (tertiary/aromatic N) is 1. The normalized spacial score (nSPS) is 15.5. The minimum absolute atomic E-state index is 0.0856. The van der Waals surface area contributed by atoms with Crippen LogP contribution in [0.2, 0.25) is 0 Å². The highest BCUT2D eigenvalue weighted by Gasteiger charge is 2.34. The number of aliphatic hydroxyl groups excluding tert-OH is 1. The van der Waals surface area contributed by atoms with Gasteiger partial charge in [0.1, 0.15) is 24.2 Å². The molecule has 0 bridgehead atoms. The van der Waals surface area contributed by atoms with Crippen molar-refractivity contribution in [3.63, 3.8) is 0 Å². The topological polar surface area (TPSA) is 203 Å². The minimum Gasteiger partial charge on any atom is -0.394 e. The van der Waals surface area contributed by atoms with Gasteiger partial charge in [-0.2, -0.15) is 11.8 Å². The zero-order chi connectivity index (χ0) is 40.8.